The van der Waals surface area contributed by atoms with Gasteiger partial charge in [0.2, 0.25) is 0 Å². The lowest BCUT2D eigenvalue weighted by Crippen LogP contribution is -2.41. The third-order valence-electron chi connectivity index (χ3n) is 3.72. The molecule has 0 saturated heterocycles. The average molecular weight is 335 g/mol. The Kier molecular flexibility index (Phi) is 5.01. The zero-order valence-electron chi connectivity index (χ0n) is 14.9. The normalized spacial score (nSPS) is 15.8. The van der Waals surface area contributed by atoms with Crippen molar-refractivity contribution in [2.24, 2.45) is 0 Å². The van der Waals surface area contributed by atoms with Crippen LogP contribution in [0, 0.1) is 0 Å². The molecule has 2 rings (SSSR count). The van der Waals surface area contributed by atoms with E-state index < -0.39 is 17.7 Å². The van der Waals surface area contributed by atoms with E-state index in [9.17, 15) is 14.7 Å². The highest BCUT2D eigenvalue weighted by Gasteiger charge is 2.31. The molecule has 24 heavy (non-hydrogen) atoms. The smallest absolute Gasteiger partial charge is 0.410 e. The van der Waals surface area contributed by atoms with Crippen molar-refractivity contribution < 1.29 is 19.4 Å². The van der Waals surface area contributed by atoms with Gasteiger partial charge in [-0.2, -0.15) is 5.10 Å². The molecule has 0 radical (unpaired) electrons. The second-order valence-electron chi connectivity index (χ2n) is 7.17. The number of aromatic nitrogens is 2. The predicted molar refractivity (Wildman–Crippen MR) is 89.6 cm³/mol. The van der Waals surface area contributed by atoms with E-state index in [0.29, 0.717) is 17.7 Å². The Morgan fingerprint density at radius 3 is 2.54 bits per heavy atom. The quantitative estimate of drug-likeness (QED) is 0.918. The summed E-state index contributed by atoms with van der Waals surface area (Å²) < 4.78 is 7.19. The minimum absolute atomic E-state index is 0.0921. The van der Waals surface area contributed by atoms with Crippen molar-refractivity contribution in [2.45, 2.75) is 52.7 Å². The largest absolute Gasteiger partial charge is 0.478 e. The summed E-state index contributed by atoms with van der Waals surface area (Å²) in [5.41, 5.74) is 1.09. The van der Waals surface area contributed by atoms with Gasteiger partial charge in [-0.3, -0.25) is 4.68 Å². The third kappa shape index (κ3) is 3.96. The Balaban J connectivity index is 2.35. The lowest BCUT2D eigenvalue weighted by molar-refractivity contribution is -0.132. The van der Waals surface area contributed by atoms with Crippen molar-refractivity contribution in [1.29, 1.82) is 0 Å². The van der Waals surface area contributed by atoms with E-state index in [1.807, 2.05) is 34.6 Å². The number of carboxylic acids is 1. The fraction of sp³-hybridized carbons (Fsp3) is 0.588. The lowest BCUT2D eigenvalue weighted by Gasteiger charge is -2.32. The molecule has 1 N–H and O–H groups in total. The zero-order valence-corrected chi connectivity index (χ0v) is 14.9. The van der Waals surface area contributed by atoms with Gasteiger partial charge in [0, 0.05) is 29.9 Å². The van der Waals surface area contributed by atoms with Crippen LogP contribution in [0.25, 0.3) is 5.57 Å². The minimum atomic E-state index is -0.953. The van der Waals surface area contributed by atoms with Crippen LogP contribution in [0.15, 0.2) is 17.8 Å². The molecule has 1 aliphatic heterocycles. The van der Waals surface area contributed by atoms with E-state index in [0.717, 1.165) is 5.69 Å². The topological polar surface area (TPSA) is 84.7 Å². The minimum Gasteiger partial charge on any atom is -0.478 e. The number of nitrogens with zero attached hydrogens (tertiary/aromatic N) is 3. The second kappa shape index (κ2) is 6.67. The van der Waals surface area contributed by atoms with Crippen LogP contribution < -0.4 is 0 Å². The number of carboxylic acid groups (broad SMARTS) is 1. The maximum absolute atomic E-state index is 12.3. The van der Waals surface area contributed by atoms with Gasteiger partial charge in [0.1, 0.15) is 5.60 Å². The highest BCUT2D eigenvalue weighted by molar-refractivity contribution is 5.97. The third-order valence-corrected chi connectivity index (χ3v) is 3.72. The molecule has 7 nitrogen and oxygen atoms in total. The number of ether oxygens (including phenoxy) is 1. The molecule has 132 valence electrons. The van der Waals surface area contributed by atoms with Gasteiger partial charge in [0.15, 0.2) is 0 Å². The number of hydrogen-bond acceptors (Lipinski definition) is 4. The van der Waals surface area contributed by atoms with E-state index in [1.165, 1.54) is 0 Å². The molecular formula is C17H25N3O4. The van der Waals surface area contributed by atoms with E-state index in [-0.39, 0.29) is 19.0 Å². The Labute approximate surface area is 141 Å². The number of carbonyl (C=O) groups is 2. The fourth-order valence-electron chi connectivity index (χ4n) is 2.68. The molecule has 0 aromatic carbocycles. The van der Waals surface area contributed by atoms with Crippen LogP contribution in [0.2, 0.25) is 0 Å². The molecule has 1 amide bonds. The van der Waals surface area contributed by atoms with E-state index in [2.05, 4.69) is 5.10 Å². The first-order chi connectivity index (χ1) is 11.1. The summed E-state index contributed by atoms with van der Waals surface area (Å²) in [6.07, 6.45) is 1.50. The van der Waals surface area contributed by atoms with Gasteiger partial charge >= 0.3 is 12.1 Å². The number of hydrogen-bond donors (Lipinski definition) is 1. The monoisotopic (exact) mass is 335 g/mol. The molecule has 0 aliphatic carbocycles. The average Bonchev–Trinajstić information content (AvgIpc) is 2.94. The van der Waals surface area contributed by atoms with Crippen molar-refractivity contribution in [3.05, 3.63) is 23.5 Å². The summed E-state index contributed by atoms with van der Waals surface area (Å²) in [4.78, 5) is 25.5. The molecule has 0 atom stereocenters. The number of amides is 1. The van der Waals surface area contributed by atoms with Gasteiger partial charge in [0.05, 0.1) is 12.2 Å². The Hall–Kier alpha value is -2.31. The van der Waals surface area contributed by atoms with Crippen LogP contribution in [-0.2, 0) is 9.53 Å². The Morgan fingerprint density at radius 1 is 1.33 bits per heavy atom. The van der Waals surface area contributed by atoms with Crippen molar-refractivity contribution in [3.63, 3.8) is 0 Å². The van der Waals surface area contributed by atoms with Gasteiger partial charge in [0.25, 0.3) is 0 Å². The molecule has 0 unspecified atom stereocenters. The van der Waals surface area contributed by atoms with Crippen LogP contribution >= 0.6 is 0 Å². The predicted octanol–water partition coefficient (Wildman–Crippen LogP) is 2.94. The van der Waals surface area contributed by atoms with Crippen molar-refractivity contribution in [1.82, 2.24) is 14.7 Å². The van der Waals surface area contributed by atoms with Crippen molar-refractivity contribution in [2.75, 3.05) is 13.1 Å². The molecule has 1 aromatic rings. The first kappa shape index (κ1) is 18.0. The molecule has 0 bridgehead atoms. The number of aliphatic carboxylic acids is 1. The number of carbonyl (C=O) groups excluding carboxylic acids is 1. The van der Waals surface area contributed by atoms with Crippen LogP contribution in [0.1, 0.15) is 52.8 Å². The second-order valence-corrected chi connectivity index (χ2v) is 7.17. The highest BCUT2D eigenvalue weighted by atomic mass is 16.6. The lowest BCUT2D eigenvalue weighted by atomic mass is 9.97. The van der Waals surface area contributed by atoms with Crippen LogP contribution in [-0.4, -0.2) is 50.5 Å². The van der Waals surface area contributed by atoms with E-state index in [1.54, 1.807) is 21.8 Å². The van der Waals surface area contributed by atoms with E-state index >= 15 is 0 Å². The van der Waals surface area contributed by atoms with Crippen LogP contribution in [0.5, 0.6) is 0 Å². The number of rotatable bonds is 3. The van der Waals surface area contributed by atoms with Gasteiger partial charge < -0.3 is 14.7 Å². The standard InChI is InChI=1S/C17H25N3O4/c1-11(2)20-14(6-8-18-20)13-10-19(9-7-12(13)15(21)22)16(23)24-17(3,4)5/h6,8,11H,7,9-10H2,1-5H3,(H,21,22). The maximum atomic E-state index is 12.3. The molecule has 0 fully saturated rings. The Bertz CT molecular complexity index is 668. The molecule has 0 spiro atoms. The fourth-order valence-corrected chi connectivity index (χ4v) is 2.68. The van der Waals surface area contributed by atoms with Gasteiger partial charge in [-0.15, -0.1) is 0 Å². The van der Waals surface area contributed by atoms with Crippen molar-refractivity contribution in [3.8, 4) is 0 Å². The molecule has 0 saturated carbocycles. The molecule has 1 aliphatic rings. The summed E-state index contributed by atoms with van der Waals surface area (Å²) in [6, 6.07) is 1.88. The first-order valence-corrected chi connectivity index (χ1v) is 8.07. The molecule has 1 aromatic heterocycles. The first-order valence-electron chi connectivity index (χ1n) is 8.07. The summed E-state index contributed by atoms with van der Waals surface area (Å²) in [6.45, 7) is 9.91. The van der Waals surface area contributed by atoms with Gasteiger partial charge in [-0.25, -0.2) is 9.59 Å². The van der Waals surface area contributed by atoms with Crippen LogP contribution in [0.4, 0.5) is 4.79 Å². The summed E-state index contributed by atoms with van der Waals surface area (Å²) in [5.74, 6) is -0.953. The SMILES string of the molecule is CC(C)n1nccc1C1=C(C(=O)O)CCN(C(=O)OC(C)(C)C)C1. The zero-order chi connectivity index (χ0) is 18.1. The van der Waals surface area contributed by atoms with Crippen LogP contribution in [0.3, 0.4) is 0 Å². The summed E-state index contributed by atoms with van der Waals surface area (Å²) in [5, 5.41) is 13.8. The van der Waals surface area contributed by atoms with Crippen molar-refractivity contribution >= 4 is 17.6 Å². The van der Waals surface area contributed by atoms with Gasteiger partial charge in [-0.1, -0.05) is 0 Å². The Morgan fingerprint density at radius 2 is 2.00 bits per heavy atom. The van der Waals surface area contributed by atoms with Gasteiger partial charge in [-0.05, 0) is 47.1 Å². The molecular weight excluding hydrogens is 310 g/mol. The molecule has 7 heteroatoms. The van der Waals surface area contributed by atoms with E-state index in [4.69, 9.17) is 4.74 Å². The highest BCUT2D eigenvalue weighted by Crippen LogP contribution is 2.29. The maximum Gasteiger partial charge on any atom is 0.410 e. The summed E-state index contributed by atoms with van der Waals surface area (Å²) >= 11 is 0. The molecule has 2 heterocycles. The summed E-state index contributed by atoms with van der Waals surface area (Å²) in [7, 11) is 0.